The molecule has 0 amide bonds. The molecule has 5 nitrogen and oxygen atoms in total. The normalized spacial score (nSPS) is 12.8. The number of aryl methyl sites for hydroxylation is 2. The summed E-state index contributed by atoms with van der Waals surface area (Å²) < 4.78 is 0. The van der Waals surface area contributed by atoms with E-state index in [9.17, 15) is 4.79 Å². The molecular formula is C21H22N2O3. The van der Waals surface area contributed by atoms with Gasteiger partial charge in [-0.05, 0) is 55.9 Å². The molecule has 4 N–H and O–H groups in total. The molecule has 5 heteroatoms. The van der Waals surface area contributed by atoms with Crippen LogP contribution < -0.4 is 5.73 Å². The topological polar surface area (TPSA) is 96.4 Å². The summed E-state index contributed by atoms with van der Waals surface area (Å²) in [4.78, 5) is 15.1. The molecule has 0 saturated carbocycles. The van der Waals surface area contributed by atoms with Crippen LogP contribution in [0.25, 0.3) is 10.9 Å². The van der Waals surface area contributed by atoms with Gasteiger partial charge in [0.05, 0.1) is 5.52 Å². The molecule has 0 atom stereocenters. The maximum Gasteiger partial charge on any atom is 0.339 e. The Bertz CT molecular complexity index is 967. The van der Waals surface area contributed by atoms with Crippen LogP contribution in [0.15, 0.2) is 42.5 Å². The van der Waals surface area contributed by atoms with E-state index in [1.807, 2.05) is 0 Å². The van der Waals surface area contributed by atoms with E-state index in [0.717, 1.165) is 29.4 Å². The van der Waals surface area contributed by atoms with Gasteiger partial charge in [-0.2, -0.15) is 0 Å². The SMILES string of the molecule is Cc1cccc2c(N)c3c(nc12)CCCC3.O=C(O)c1ccccc1O. The molecule has 1 aliphatic carbocycles. The Labute approximate surface area is 152 Å². The third-order valence-corrected chi connectivity index (χ3v) is 4.67. The van der Waals surface area contributed by atoms with Gasteiger partial charge in [0.1, 0.15) is 11.3 Å². The van der Waals surface area contributed by atoms with Gasteiger partial charge in [0, 0.05) is 16.8 Å². The zero-order chi connectivity index (χ0) is 18.7. The number of phenols is 1. The van der Waals surface area contributed by atoms with Crippen LogP contribution in [-0.4, -0.2) is 21.2 Å². The van der Waals surface area contributed by atoms with Gasteiger partial charge in [-0.1, -0.05) is 30.3 Å². The maximum absolute atomic E-state index is 10.3. The van der Waals surface area contributed by atoms with Crippen molar-refractivity contribution in [3.8, 4) is 5.75 Å². The highest BCUT2D eigenvalue weighted by Gasteiger charge is 2.16. The van der Waals surface area contributed by atoms with Gasteiger partial charge in [0.15, 0.2) is 0 Å². The van der Waals surface area contributed by atoms with Gasteiger partial charge in [-0.15, -0.1) is 0 Å². The number of aromatic nitrogens is 1. The number of aromatic carboxylic acids is 1. The van der Waals surface area contributed by atoms with Crippen molar-refractivity contribution in [2.45, 2.75) is 32.6 Å². The number of carboxylic acid groups (broad SMARTS) is 1. The van der Waals surface area contributed by atoms with Crippen molar-refractivity contribution < 1.29 is 15.0 Å². The Morgan fingerprint density at radius 1 is 1.08 bits per heavy atom. The largest absolute Gasteiger partial charge is 0.507 e. The van der Waals surface area contributed by atoms with Gasteiger partial charge in [0.25, 0.3) is 0 Å². The first kappa shape index (κ1) is 17.7. The Balaban J connectivity index is 0.000000170. The number of benzene rings is 2. The number of hydrogen-bond acceptors (Lipinski definition) is 4. The zero-order valence-electron chi connectivity index (χ0n) is 14.7. The van der Waals surface area contributed by atoms with Gasteiger partial charge < -0.3 is 15.9 Å². The van der Waals surface area contributed by atoms with Crippen molar-refractivity contribution in [2.75, 3.05) is 5.73 Å². The molecule has 4 rings (SSSR count). The second-order valence-electron chi connectivity index (χ2n) is 6.45. The molecule has 2 aromatic carbocycles. The molecule has 0 radical (unpaired) electrons. The molecule has 0 fully saturated rings. The molecule has 3 aromatic rings. The van der Waals surface area contributed by atoms with Crippen LogP contribution in [0.2, 0.25) is 0 Å². The molecule has 1 aliphatic rings. The lowest BCUT2D eigenvalue weighted by Crippen LogP contribution is -2.09. The Kier molecular flexibility index (Phi) is 5.07. The fourth-order valence-electron chi connectivity index (χ4n) is 3.28. The fourth-order valence-corrected chi connectivity index (χ4v) is 3.28. The number of carboxylic acids is 1. The monoisotopic (exact) mass is 350 g/mol. The molecule has 26 heavy (non-hydrogen) atoms. The predicted octanol–water partition coefficient (Wildman–Crippen LogP) is 4.09. The highest BCUT2D eigenvalue weighted by Crippen LogP contribution is 2.31. The van der Waals surface area contributed by atoms with Crippen molar-refractivity contribution in [2.24, 2.45) is 0 Å². The third-order valence-electron chi connectivity index (χ3n) is 4.67. The van der Waals surface area contributed by atoms with Crippen LogP contribution in [0.3, 0.4) is 0 Å². The lowest BCUT2D eigenvalue weighted by atomic mass is 9.92. The van der Waals surface area contributed by atoms with Crippen molar-refractivity contribution in [1.82, 2.24) is 4.98 Å². The minimum atomic E-state index is -1.11. The Hall–Kier alpha value is -3.08. The van der Waals surface area contributed by atoms with E-state index in [2.05, 4.69) is 25.1 Å². The average molecular weight is 350 g/mol. The number of aromatic hydroxyl groups is 1. The van der Waals surface area contributed by atoms with Crippen molar-refractivity contribution in [1.29, 1.82) is 0 Å². The van der Waals surface area contributed by atoms with E-state index >= 15 is 0 Å². The number of carbonyl (C=O) groups is 1. The number of nitrogens with two attached hydrogens (primary N) is 1. The smallest absolute Gasteiger partial charge is 0.339 e. The number of fused-ring (bicyclic) bond motifs is 2. The zero-order valence-corrected chi connectivity index (χ0v) is 14.7. The molecule has 134 valence electrons. The van der Waals surface area contributed by atoms with Crippen LogP contribution in [0.1, 0.15) is 40.0 Å². The van der Waals surface area contributed by atoms with Crippen LogP contribution >= 0.6 is 0 Å². The summed E-state index contributed by atoms with van der Waals surface area (Å²) in [5.74, 6) is -1.31. The number of para-hydroxylation sites is 2. The molecule has 0 spiro atoms. The first-order valence-corrected chi connectivity index (χ1v) is 8.67. The quantitative estimate of drug-likeness (QED) is 0.614. The summed E-state index contributed by atoms with van der Waals surface area (Å²) in [7, 11) is 0. The van der Waals surface area contributed by atoms with Gasteiger partial charge in [0.2, 0.25) is 0 Å². The number of hydrogen-bond donors (Lipinski definition) is 3. The van der Waals surface area contributed by atoms with E-state index in [1.54, 1.807) is 12.1 Å². The lowest BCUT2D eigenvalue weighted by Gasteiger charge is -2.19. The fraction of sp³-hybridized carbons (Fsp3) is 0.238. The second kappa shape index (κ2) is 7.44. The van der Waals surface area contributed by atoms with E-state index < -0.39 is 5.97 Å². The Morgan fingerprint density at radius 2 is 1.81 bits per heavy atom. The summed E-state index contributed by atoms with van der Waals surface area (Å²) in [5.41, 5.74) is 12.0. The van der Waals surface area contributed by atoms with Gasteiger partial charge in [-0.25, -0.2) is 4.79 Å². The maximum atomic E-state index is 10.3. The first-order valence-electron chi connectivity index (χ1n) is 8.67. The lowest BCUT2D eigenvalue weighted by molar-refractivity contribution is 0.0693. The standard InChI is InChI=1S/C14H16N2.C7H6O3/c1-9-5-4-7-11-13(15)10-6-2-3-8-12(10)16-14(9)11;8-6-4-2-1-3-5(6)7(9)10/h4-5,7H,2-3,6,8H2,1H3,(H2,15,16);1-4,8H,(H,9,10). The summed E-state index contributed by atoms with van der Waals surface area (Å²) in [5, 5.41) is 18.4. The summed E-state index contributed by atoms with van der Waals surface area (Å²) in [6.07, 6.45) is 4.68. The number of rotatable bonds is 1. The molecule has 1 aromatic heterocycles. The van der Waals surface area contributed by atoms with Crippen molar-refractivity contribution >= 4 is 22.6 Å². The number of pyridine rings is 1. The molecule has 1 heterocycles. The molecule has 0 saturated heterocycles. The molecule has 0 unspecified atom stereocenters. The first-order chi connectivity index (χ1) is 12.5. The molecular weight excluding hydrogens is 328 g/mol. The Morgan fingerprint density at radius 3 is 2.50 bits per heavy atom. The highest BCUT2D eigenvalue weighted by atomic mass is 16.4. The second-order valence-corrected chi connectivity index (χ2v) is 6.45. The molecule has 0 aliphatic heterocycles. The van der Waals surface area contributed by atoms with Crippen LogP contribution in [-0.2, 0) is 12.8 Å². The van der Waals surface area contributed by atoms with Crippen molar-refractivity contribution in [3.05, 3.63) is 64.8 Å². The highest BCUT2D eigenvalue weighted by molar-refractivity contribution is 5.94. The minimum absolute atomic E-state index is 0.0671. The van der Waals surface area contributed by atoms with Gasteiger partial charge >= 0.3 is 5.97 Å². The van der Waals surface area contributed by atoms with E-state index in [1.165, 1.54) is 41.8 Å². The number of anilines is 1. The van der Waals surface area contributed by atoms with Crippen molar-refractivity contribution in [3.63, 3.8) is 0 Å². The van der Waals surface area contributed by atoms with E-state index in [4.69, 9.17) is 20.9 Å². The number of nitrogens with zero attached hydrogens (tertiary/aromatic N) is 1. The van der Waals surface area contributed by atoms with E-state index in [0.29, 0.717) is 0 Å². The minimum Gasteiger partial charge on any atom is -0.507 e. The summed E-state index contributed by atoms with van der Waals surface area (Å²) >= 11 is 0. The van der Waals surface area contributed by atoms with Crippen LogP contribution in [0.5, 0.6) is 5.75 Å². The van der Waals surface area contributed by atoms with Gasteiger partial charge in [-0.3, -0.25) is 4.98 Å². The van der Waals surface area contributed by atoms with E-state index in [-0.39, 0.29) is 11.3 Å². The average Bonchev–Trinajstić information content (AvgIpc) is 2.64. The third kappa shape index (κ3) is 3.47. The van der Waals surface area contributed by atoms with Crippen LogP contribution in [0, 0.1) is 6.92 Å². The van der Waals surface area contributed by atoms with Crippen LogP contribution in [0.4, 0.5) is 5.69 Å². The predicted molar refractivity (Wildman–Crippen MR) is 103 cm³/mol. The number of nitrogen functional groups attached to an aromatic ring is 1. The summed E-state index contributed by atoms with van der Waals surface area (Å²) in [6, 6.07) is 12.1. The molecule has 0 bridgehead atoms. The summed E-state index contributed by atoms with van der Waals surface area (Å²) in [6.45, 7) is 2.10.